The van der Waals surface area contributed by atoms with E-state index in [1.807, 2.05) is 0 Å². The summed E-state index contributed by atoms with van der Waals surface area (Å²) in [5.41, 5.74) is 11.0. The molecule has 0 aliphatic carbocycles. The van der Waals surface area contributed by atoms with E-state index in [-0.39, 0.29) is 10.8 Å². The Morgan fingerprint density at radius 2 is 1.44 bits per heavy atom. The average Bonchev–Trinajstić information content (AvgIpc) is 3.14. The standard InChI is InChI=1S/C27H33N2.C9H11.Sb/c1-19-20-12-9-10-13-21(20)23(27(5,6)7)18-22(19)25-24(14-11-17-29(25)8)28-16-15-26(2,3)4;1-7-4-8(2)6-9(3)5-7;/h9-13,17-18H,15H2,1-8H3;4-5H,1-3H3;/q+1;;. The number of fused-ring (bicyclic) bond motifs is 2. The number of rotatable bonds is 3. The molecule has 0 atom stereocenters. The van der Waals surface area contributed by atoms with Crippen LogP contribution in [0, 0.1) is 33.1 Å². The summed E-state index contributed by atoms with van der Waals surface area (Å²) in [6.45, 7) is 23.2. The molecule has 2 heterocycles. The molecule has 2 nitrogen and oxygen atoms in total. The molecular weight excluding hydrogens is 582 g/mol. The third-order valence-electron chi connectivity index (χ3n) is 7.94. The van der Waals surface area contributed by atoms with E-state index < -0.39 is 20.2 Å². The summed E-state index contributed by atoms with van der Waals surface area (Å²) in [6.07, 6.45) is 3.34. The molecule has 0 N–H and O–H groups in total. The van der Waals surface area contributed by atoms with Gasteiger partial charge >= 0.3 is 244 Å². The number of aliphatic imine (C=N–C) groups is 1. The van der Waals surface area contributed by atoms with Crippen molar-refractivity contribution in [2.24, 2.45) is 17.5 Å². The quantitative estimate of drug-likeness (QED) is 0.165. The van der Waals surface area contributed by atoms with Crippen LogP contribution >= 0.6 is 0 Å². The summed E-state index contributed by atoms with van der Waals surface area (Å²) in [7, 11) is 2.20. The van der Waals surface area contributed by atoms with Gasteiger partial charge in [-0.15, -0.1) is 0 Å². The zero-order valence-electron chi connectivity index (χ0n) is 25.7. The molecule has 0 radical (unpaired) electrons. The van der Waals surface area contributed by atoms with E-state index in [0.717, 1.165) is 6.42 Å². The zero-order valence-corrected chi connectivity index (χ0v) is 28.3. The average molecular weight is 627 g/mol. The van der Waals surface area contributed by atoms with Gasteiger partial charge in [0.15, 0.2) is 0 Å². The molecule has 0 spiro atoms. The second-order valence-electron chi connectivity index (χ2n) is 13.7. The summed E-state index contributed by atoms with van der Waals surface area (Å²) in [5, 5.41) is 2.71. The second-order valence-corrected chi connectivity index (χ2v) is 19.8. The van der Waals surface area contributed by atoms with E-state index in [1.54, 1.807) is 3.51 Å². The Balaban J connectivity index is 1.85. The Kier molecular flexibility index (Phi) is 7.12. The molecule has 5 rings (SSSR count). The van der Waals surface area contributed by atoms with Crippen LogP contribution in [0.5, 0.6) is 0 Å². The third kappa shape index (κ3) is 5.11. The molecule has 0 fully saturated rings. The van der Waals surface area contributed by atoms with Gasteiger partial charge in [-0.05, 0) is 0 Å². The summed E-state index contributed by atoms with van der Waals surface area (Å²) >= 11 is -2.30. The summed E-state index contributed by atoms with van der Waals surface area (Å²) in [4.78, 5) is 5.63. The molecule has 1 aliphatic rings. The van der Waals surface area contributed by atoms with E-state index in [4.69, 9.17) is 4.99 Å². The van der Waals surface area contributed by atoms with Crippen molar-refractivity contribution in [3.63, 3.8) is 0 Å². The Bertz CT molecular complexity index is 1620. The van der Waals surface area contributed by atoms with Gasteiger partial charge in [0.25, 0.3) is 0 Å². The number of hydrogen-bond donors (Lipinski definition) is 0. The predicted molar refractivity (Wildman–Crippen MR) is 171 cm³/mol. The maximum absolute atomic E-state index is 5.63. The van der Waals surface area contributed by atoms with Crippen LogP contribution in [0.3, 0.4) is 0 Å². The minimum atomic E-state index is -2.30. The number of aromatic nitrogens is 1. The normalized spacial score (nSPS) is 14.2. The van der Waals surface area contributed by atoms with Gasteiger partial charge in [0, 0.05) is 0 Å². The molecule has 39 heavy (non-hydrogen) atoms. The SMILES string of the molecule is Cc1cc(C)[c]([Sb]2[C](CC(C)(C)C)=Nc3[c]2cc[n+](C)c3-c2cc(C(C)(C)C)c3ccccc3c2C)c(C)c1. The molecule has 0 unspecified atom stereocenters. The van der Waals surface area contributed by atoms with Crippen molar-refractivity contribution in [2.75, 3.05) is 0 Å². The molecule has 3 aromatic carbocycles. The first-order valence-corrected chi connectivity index (χ1v) is 18.0. The first kappa shape index (κ1) is 28.1. The second kappa shape index (κ2) is 9.88. The fraction of sp³-hybridized carbons (Fsp3) is 0.389. The van der Waals surface area contributed by atoms with Crippen molar-refractivity contribution in [3.05, 3.63) is 82.5 Å². The molecule has 1 aliphatic heterocycles. The van der Waals surface area contributed by atoms with Gasteiger partial charge in [-0.25, -0.2) is 0 Å². The number of benzene rings is 3. The number of aryl methyl sites for hydroxylation is 5. The third-order valence-corrected chi connectivity index (χ3v) is 15.8. The van der Waals surface area contributed by atoms with Crippen molar-refractivity contribution in [3.8, 4) is 11.3 Å². The Hall–Kier alpha value is -2.44. The van der Waals surface area contributed by atoms with E-state index in [9.17, 15) is 0 Å². The summed E-state index contributed by atoms with van der Waals surface area (Å²) < 4.78 is 6.91. The van der Waals surface area contributed by atoms with Crippen molar-refractivity contribution in [2.45, 2.75) is 81.1 Å². The van der Waals surface area contributed by atoms with Gasteiger partial charge in [-0.2, -0.15) is 0 Å². The molecule has 0 amide bonds. The fourth-order valence-corrected chi connectivity index (χ4v) is 14.9. The van der Waals surface area contributed by atoms with Crippen LogP contribution in [0.25, 0.3) is 22.0 Å². The number of nitrogens with zero attached hydrogens (tertiary/aromatic N) is 2. The first-order valence-electron chi connectivity index (χ1n) is 14.2. The molecule has 202 valence electrons. The maximum atomic E-state index is 5.63. The number of hydrogen-bond acceptors (Lipinski definition) is 1. The molecule has 0 bridgehead atoms. The predicted octanol–water partition coefficient (Wildman–Crippen LogP) is 7.53. The zero-order chi connectivity index (χ0) is 28.4. The molecule has 4 aromatic rings. The van der Waals surface area contributed by atoms with Gasteiger partial charge in [-0.1, -0.05) is 0 Å². The molecule has 0 saturated carbocycles. The van der Waals surface area contributed by atoms with Crippen LogP contribution in [0.1, 0.15) is 75.8 Å². The molecule has 0 saturated heterocycles. The van der Waals surface area contributed by atoms with Crippen LogP contribution in [0.2, 0.25) is 0 Å². The Morgan fingerprint density at radius 3 is 2.03 bits per heavy atom. The van der Waals surface area contributed by atoms with Crippen LogP contribution in [0.15, 0.2) is 59.7 Å². The molecular formula is C36H44N2Sb+. The Morgan fingerprint density at radius 1 is 0.821 bits per heavy atom. The van der Waals surface area contributed by atoms with E-state index in [2.05, 4.69) is 136 Å². The van der Waals surface area contributed by atoms with E-state index in [0.29, 0.717) is 0 Å². The van der Waals surface area contributed by atoms with Crippen molar-refractivity contribution >= 4 is 47.3 Å². The first-order chi connectivity index (χ1) is 18.2. The van der Waals surface area contributed by atoms with E-state index in [1.165, 1.54) is 62.7 Å². The van der Waals surface area contributed by atoms with Gasteiger partial charge in [0.05, 0.1) is 0 Å². The van der Waals surface area contributed by atoms with Gasteiger partial charge < -0.3 is 0 Å². The molecule has 3 heteroatoms. The van der Waals surface area contributed by atoms with Gasteiger partial charge in [-0.3, -0.25) is 0 Å². The van der Waals surface area contributed by atoms with Crippen LogP contribution in [-0.4, -0.2) is 23.9 Å². The number of pyridine rings is 1. The van der Waals surface area contributed by atoms with Crippen molar-refractivity contribution in [1.29, 1.82) is 0 Å². The topological polar surface area (TPSA) is 16.2 Å². The van der Waals surface area contributed by atoms with Crippen molar-refractivity contribution < 1.29 is 4.57 Å². The summed E-state index contributed by atoms with van der Waals surface area (Å²) in [5.74, 6) is 0. The molecule has 1 aromatic heterocycles. The fourth-order valence-electron chi connectivity index (χ4n) is 6.30. The van der Waals surface area contributed by atoms with Gasteiger partial charge in [0.2, 0.25) is 0 Å². The monoisotopic (exact) mass is 625 g/mol. The van der Waals surface area contributed by atoms with E-state index >= 15 is 0 Å². The Labute approximate surface area is 243 Å². The van der Waals surface area contributed by atoms with Crippen molar-refractivity contribution in [1.82, 2.24) is 0 Å². The van der Waals surface area contributed by atoms with Gasteiger partial charge in [0.1, 0.15) is 0 Å². The summed E-state index contributed by atoms with van der Waals surface area (Å²) in [6, 6.07) is 18.6. The minimum absolute atomic E-state index is 0.0372. The van der Waals surface area contributed by atoms with Crippen LogP contribution in [0.4, 0.5) is 5.69 Å². The van der Waals surface area contributed by atoms with Crippen LogP contribution in [-0.2, 0) is 12.5 Å². The van der Waals surface area contributed by atoms with Crippen LogP contribution < -0.4 is 11.6 Å².